The number of nitrogens with zero attached hydrogens (tertiary/aromatic N) is 1. The van der Waals surface area contributed by atoms with Crippen LogP contribution in [0.5, 0.6) is 0 Å². The van der Waals surface area contributed by atoms with Gasteiger partial charge in [-0.25, -0.2) is 0 Å². The Kier molecular flexibility index (Phi) is 5.38. The lowest BCUT2D eigenvalue weighted by Gasteiger charge is -2.23. The third kappa shape index (κ3) is 4.07. The lowest BCUT2D eigenvalue weighted by Crippen LogP contribution is -2.22. The molecular weight excluding hydrogens is 377 g/mol. The second-order valence-electron chi connectivity index (χ2n) is 4.60. The van der Waals surface area contributed by atoms with Crippen LogP contribution >= 0.6 is 22.9 Å². The number of aliphatic hydroxyl groups is 1. The van der Waals surface area contributed by atoms with E-state index in [4.69, 9.17) is 0 Å². The molecule has 1 N–H and O–H groups in total. The lowest BCUT2D eigenvalue weighted by atomic mass is 10.0. The van der Waals surface area contributed by atoms with Gasteiger partial charge in [0.25, 0.3) is 0 Å². The highest BCUT2D eigenvalue weighted by Crippen LogP contribution is 2.28. The van der Waals surface area contributed by atoms with Crippen LogP contribution in [0.4, 0.5) is 0 Å². The lowest BCUT2D eigenvalue weighted by molar-refractivity contribution is -0.123. The Morgan fingerprint density at radius 2 is 1.62 bits per heavy atom. The van der Waals surface area contributed by atoms with E-state index in [0.717, 1.165) is 11.1 Å². The molecule has 3 nitrogen and oxygen atoms in total. The summed E-state index contributed by atoms with van der Waals surface area (Å²) in [5.74, 6) is 0.0916. The zero-order valence-corrected chi connectivity index (χ0v) is 13.8. The first-order valence-corrected chi connectivity index (χ1v) is 7.53. The van der Waals surface area contributed by atoms with E-state index in [0.29, 0.717) is 0 Å². The van der Waals surface area contributed by atoms with Crippen molar-refractivity contribution in [3.8, 4) is 0 Å². The van der Waals surface area contributed by atoms with E-state index in [1.807, 2.05) is 83.5 Å². The van der Waals surface area contributed by atoms with Gasteiger partial charge in [-0.15, -0.1) is 0 Å². The maximum Gasteiger partial charge on any atom is 0.228 e. The summed E-state index contributed by atoms with van der Waals surface area (Å²) in [6.45, 7) is 1.51. The number of hydrogen-bond donors (Lipinski definition) is 1. The van der Waals surface area contributed by atoms with Crippen molar-refractivity contribution in [1.82, 2.24) is 3.11 Å². The average molecular weight is 393 g/mol. The van der Waals surface area contributed by atoms with E-state index in [-0.39, 0.29) is 17.7 Å². The van der Waals surface area contributed by atoms with Crippen LogP contribution in [-0.4, -0.2) is 14.1 Å². The third-order valence-electron chi connectivity index (χ3n) is 3.07. The highest BCUT2D eigenvalue weighted by atomic mass is 127. The van der Waals surface area contributed by atoms with Crippen LogP contribution in [0.1, 0.15) is 24.1 Å². The topological polar surface area (TPSA) is 40.5 Å². The smallest absolute Gasteiger partial charge is 0.228 e. The van der Waals surface area contributed by atoms with Gasteiger partial charge in [-0.05, 0) is 11.6 Å². The Morgan fingerprint density at radius 3 is 2.14 bits per heavy atom. The minimum Gasteiger partial charge on any atom is -0.508 e. The molecule has 2 rings (SSSR count). The standard InChI is InChI=1S/C17H16INO2/c1-13(20)19(18)16(14-8-4-2-5-9-14)12-17(21)15-10-6-3-7-11-15/h2-12,16,21H,1H3/b17-12-. The van der Waals surface area contributed by atoms with Crippen molar-refractivity contribution in [1.29, 1.82) is 0 Å². The highest BCUT2D eigenvalue weighted by Gasteiger charge is 2.19. The second kappa shape index (κ2) is 7.26. The average Bonchev–Trinajstić information content (AvgIpc) is 2.53. The third-order valence-corrected chi connectivity index (χ3v) is 4.35. The van der Waals surface area contributed by atoms with Gasteiger partial charge in [-0.1, -0.05) is 60.7 Å². The SMILES string of the molecule is CC(=O)N(I)C(/C=C(\O)c1ccccc1)c1ccccc1. The molecule has 108 valence electrons. The largest absolute Gasteiger partial charge is 0.508 e. The molecule has 0 aromatic heterocycles. The van der Waals surface area contributed by atoms with Gasteiger partial charge in [0.1, 0.15) is 5.76 Å². The van der Waals surface area contributed by atoms with Gasteiger partial charge in [0, 0.05) is 12.5 Å². The Balaban J connectivity index is 2.39. The van der Waals surface area contributed by atoms with E-state index in [1.165, 1.54) is 6.92 Å². The van der Waals surface area contributed by atoms with E-state index in [9.17, 15) is 9.90 Å². The summed E-state index contributed by atoms with van der Waals surface area (Å²) in [6, 6.07) is 18.6. The van der Waals surface area contributed by atoms with E-state index < -0.39 is 0 Å². The van der Waals surface area contributed by atoms with Crippen LogP contribution in [0.15, 0.2) is 66.7 Å². The van der Waals surface area contributed by atoms with Crippen molar-refractivity contribution >= 4 is 34.5 Å². The molecule has 0 saturated carbocycles. The molecule has 1 atom stereocenters. The molecule has 2 aromatic rings. The summed E-state index contributed by atoms with van der Waals surface area (Å²) >= 11 is 1.98. The molecule has 0 bridgehead atoms. The normalized spacial score (nSPS) is 12.8. The van der Waals surface area contributed by atoms with Crippen LogP contribution in [0.25, 0.3) is 5.76 Å². The molecule has 0 heterocycles. The zero-order chi connectivity index (χ0) is 15.2. The predicted octanol–water partition coefficient (Wildman–Crippen LogP) is 4.53. The first-order chi connectivity index (χ1) is 10.1. The number of amides is 1. The van der Waals surface area contributed by atoms with Crippen molar-refractivity contribution in [2.75, 3.05) is 0 Å². The van der Waals surface area contributed by atoms with Crippen LogP contribution in [-0.2, 0) is 4.79 Å². The first-order valence-electron chi connectivity index (χ1n) is 6.56. The van der Waals surface area contributed by atoms with E-state index >= 15 is 0 Å². The van der Waals surface area contributed by atoms with Gasteiger partial charge in [0.05, 0.1) is 28.9 Å². The fourth-order valence-electron chi connectivity index (χ4n) is 1.99. The van der Waals surface area contributed by atoms with Crippen LogP contribution in [0.2, 0.25) is 0 Å². The molecule has 2 aromatic carbocycles. The minimum atomic E-state index is -0.315. The number of carbonyl (C=O) groups excluding carboxylic acids is 1. The molecule has 0 saturated heterocycles. The summed E-state index contributed by atoms with van der Waals surface area (Å²) in [6.07, 6.45) is 1.69. The number of rotatable bonds is 4. The monoisotopic (exact) mass is 393 g/mol. The molecule has 0 aliphatic carbocycles. The van der Waals surface area contributed by atoms with Gasteiger partial charge in [0.2, 0.25) is 5.91 Å². The van der Waals surface area contributed by atoms with Gasteiger partial charge in [0.15, 0.2) is 0 Å². The highest BCUT2D eigenvalue weighted by molar-refractivity contribution is 14.1. The minimum absolute atomic E-state index is 0.0680. The number of benzene rings is 2. The number of aliphatic hydroxyl groups excluding tert-OH is 1. The molecule has 21 heavy (non-hydrogen) atoms. The predicted molar refractivity (Wildman–Crippen MR) is 92.8 cm³/mol. The second-order valence-corrected chi connectivity index (χ2v) is 5.64. The molecular formula is C17H16INO2. The molecule has 0 aliphatic heterocycles. The molecule has 0 spiro atoms. The number of hydrogen-bond acceptors (Lipinski definition) is 2. The van der Waals surface area contributed by atoms with Crippen molar-refractivity contribution in [3.63, 3.8) is 0 Å². The molecule has 4 heteroatoms. The van der Waals surface area contributed by atoms with Crippen LogP contribution < -0.4 is 0 Å². The van der Waals surface area contributed by atoms with E-state index in [1.54, 1.807) is 9.19 Å². The Hall–Kier alpha value is -1.82. The molecule has 0 radical (unpaired) electrons. The Bertz CT molecular complexity index is 626. The first kappa shape index (κ1) is 15.6. The van der Waals surface area contributed by atoms with Crippen molar-refractivity contribution in [2.24, 2.45) is 0 Å². The number of carbonyl (C=O) groups is 1. The van der Waals surface area contributed by atoms with Crippen molar-refractivity contribution in [2.45, 2.75) is 13.0 Å². The zero-order valence-electron chi connectivity index (χ0n) is 11.6. The maximum atomic E-state index is 11.7. The van der Waals surface area contributed by atoms with Gasteiger partial charge >= 0.3 is 0 Å². The van der Waals surface area contributed by atoms with Gasteiger partial charge in [-0.3, -0.25) is 7.91 Å². The molecule has 0 fully saturated rings. The van der Waals surface area contributed by atoms with E-state index in [2.05, 4.69) is 0 Å². The summed E-state index contributed by atoms with van der Waals surface area (Å²) in [4.78, 5) is 11.7. The summed E-state index contributed by atoms with van der Waals surface area (Å²) in [5.41, 5.74) is 1.68. The fourth-order valence-corrected chi connectivity index (χ4v) is 2.48. The van der Waals surface area contributed by atoms with Crippen LogP contribution in [0, 0.1) is 0 Å². The van der Waals surface area contributed by atoms with Crippen LogP contribution in [0.3, 0.4) is 0 Å². The summed E-state index contributed by atoms with van der Waals surface area (Å²) in [5, 5.41) is 10.3. The Labute approximate surface area is 138 Å². The summed E-state index contributed by atoms with van der Waals surface area (Å²) < 4.78 is 1.58. The molecule has 0 aliphatic rings. The fraction of sp³-hybridized carbons (Fsp3) is 0.118. The quantitative estimate of drug-likeness (QED) is 0.471. The Morgan fingerprint density at radius 1 is 1.10 bits per heavy atom. The van der Waals surface area contributed by atoms with Crippen molar-refractivity contribution < 1.29 is 9.90 Å². The maximum absolute atomic E-state index is 11.7. The number of halogens is 1. The summed E-state index contributed by atoms with van der Waals surface area (Å²) in [7, 11) is 0. The van der Waals surface area contributed by atoms with Gasteiger partial charge in [-0.2, -0.15) is 0 Å². The molecule has 1 amide bonds. The van der Waals surface area contributed by atoms with Gasteiger partial charge < -0.3 is 5.11 Å². The van der Waals surface area contributed by atoms with Crippen molar-refractivity contribution in [3.05, 3.63) is 77.9 Å². The molecule has 1 unspecified atom stereocenters.